The van der Waals surface area contributed by atoms with Gasteiger partial charge in [-0.15, -0.1) is 0 Å². The molecule has 0 saturated heterocycles. The summed E-state index contributed by atoms with van der Waals surface area (Å²) in [5.41, 5.74) is 1.44. The van der Waals surface area contributed by atoms with Crippen molar-refractivity contribution in [2.75, 3.05) is 20.1 Å². The van der Waals surface area contributed by atoms with E-state index in [0.29, 0.717) is 6.04 Å². The molecule has 0 saturated carbocycles. The molecule has 2 nitrogen and oxygen atoms in total. The first kappa shape index (κ1) is 16.5. The van der Waals surface area contributed by atoms with Gasteiger partial charge in [0.15, 0.2) is 0 Å². The Morgan fingerprint density at radius 1 is 1.26 bits per heavy atom. The van der Waals surface area contributed by atoms with Gasteiger partial charge in [0.25, 0.3) is 0 Å². The van der Waals surface area contributed by atoms with Crippen molar-refractivity contribution in [2.24, 2.45) is 5.41 Å². The highest BCUT2D eigenvalue weighted by Gasteiger charge is 2.20. The van der Waals surface area contributed by atoms with Crippen LogP contribution >= 0.6 is 11.6 Å². The molecule has 0 radical (unpaired) electrons. The first-order valence-electron chi connectivity index (χ1n) is 6.95. The Morgan fingerprint density at radius 2 is 1.89 bits per heavy atom. The average Bonchev–Trinajstić information content (AvgIpc) is 2.29. The van der Waals surface area contributed by atoms with Crippen LogP contribution in [0.1, 0.15) is 33.3 Å². The molecule has 0 unspecified atom stereocenters. The summed E-state index contributed by atoms with van der Waals surface area (Å²) < 4.78 is 0. The molecule has 19 heavy (non-hydrogen) atoms. The Labute approximate surface area is 123 Å². The summed E-state index contributed by atoms with van der Waals surface area (Å²) in [5.74, 6) is 0. The smallest absolute Gasteiger partial charge is 0.0451 e. The Hall–Kier alpha value is -0.570. The molecule has 1 aromatic carbocycles. The monoisotopic (exact) mass is 282 g/mol. The fraction of sp³-hybridized carbons (Fsp3) is 0.625. The van der Waals surface area contributed by atoms with Crippen LogP contribution in [0.3, 0.4) is 0 Å². The van der Waals surface area contributed by atoms with Crippen LogP contribution in [0.5, 0.6) is 0 Å². The number of rotatable bonds is 7. The van der Waals surface area contributed by atoms with E-state index < -0.39 is 0 Å². The molecule has 0 aliphatic rings. The summed E-state index contributed by atoms with van der Waals surface area (Å²) in [4.78, 5) is 2.34. The van der Waals surface area contributed by atoms with Crippen LogP contribution in [0.25, 0.3) is 0 Å². The van der Waals surface area contributed by atoms with E-state index in [0.717, 1.165) is 24.7 Å². The minimum Gasteiger partial charge on any atom is -0.314 e. The second kappa shape index (κ2) is 7.28. The van der Waals surface area contributed by atoms with Gasteiger partial charge in [0.1, 0.15) is 0 Å². The first-order valence-corrected chi connectivity index (χ1v) is 7.33. The van der Waals surface area contributed by atoms with Crippen LogP contribution in [0, 0.1) is 5.41 Å². The van der Waals surface area contributed by atoms with Crippen molar-refractivity contribution in [3.05, 3.63) is 34.9 Å². The summed E-state index contributed by atoms with van der Waals surface area (Å²) in [6.45, 7) is 11.9. The summed E-state index contributed by atoms with van der Waals surface area (Å²) in [6, 6.07) is 8.60. The maximum Gasteiger partial charge on any atom is 0.0451 e. The van der Waals surface area contributed by atoms with Gasteiger partial charge in [-0.25, -0.2) is 0 Å². The zero-order valence-corrected chi connectivity index (χ0v) is 13.6. The van der Waals surface area contributed by atoms with Crippen LogP contribution in [-0.4, -0.2) is 31.1 Å². The maximum atomic E-state index is 6.20. The van der Waals surface area contributed by atoms with Crippen molar-refractivity contribution < 1.29 is 0 Å². The van der Waals surface area contributed by atoms with Crippen molar-refractivity contribution >= 4 is 11.6 Å². The highest BCUT2D eigenvalue weighted by molar-refractivity contribution is 6.31. The topological polar surface area (TPSA) is 15.3 Å². The maximum absolute atomic E-state index is 6.20. The van der Waals surface area contributed by atoms with Gasteiger partial charge in [-0.05, 0) is 24.1 Å². The SMILES string of the molecule is CC(C)NCC(C)(C)CN(C)Cc1ccccc1Cl. The quantitative estimate of drug-likeness (QED) is 0.818. The molecule has 0 aliphatic heterocycles. The predicted molar refractivity (Wildman–Crippen MR) is 84.7 cm³/mol. The minimum atomic E-state index is 0.250. The Bertz CT molecular complexity index is 388. The van der Waals surface area contributed by atoms with Crippen molar-refractivity contribution in [2.45, 2.75) is 40.3 Å². The third-order valence-corrected chi connectivity index (χ3v) is 3.45. The number of hydrogen-bond donors (Lipinski definition) is 1. The van der Waals surface area contributed by atoms with Gasteiger partial charge in [0, 0.05) is 30.7 Å². The highest BCUT2D eigenvalue weighted by Crippen LogP contribution is 2.20. The molecular weight excluding hydrogens is 256 g/mol. The lowest BCUT2D eigenvalue weighted by atomic mass is 9.92. The zero-order chi connectivity index (χ0) is 14.5. The molecule has 0 fully saturated rings. The lowest BCUT2D eigenvalue weighted by Crippen LogP contribution is -2.40. The normalized spacial score (nSPS) is 12.4. The largest absolute Gasteiger partial charge is 0.314 e. The van der Waals surface area contributed by atoms with Gasteiger partial charge < -0.3 is 10.2 Å². The fourth-order valence-electron chi connectivity index (χ4n) is 2.24. The van der Waals surface area contributed by atoms with Crippen LogP contribution in [0.15, 0.2) is 24.3 Å². The molecule has 1 N–H and O–H groups in total. The number of nitrogens with one attached hydrogen (secondary N) is 1. The Balaban J connectivity index is 2.50. The molecule has 0 spiro atoms. The van der Waals surface area contributed by atoms with Crippen LogP contribution in [0.4, 0.5) is 0 Å². The number of benzene rings is 1. The molecule has 0 aliphatic carbocycles. The summed E-state index contributed by atoms with van der Waals surface area (Å²) in [6.07, 6.45) is 0. The molecular formula is C16H27ClN2. The van der Waals surface area contributed by atoms with E-state index in [9.17, 15) is 0 Å². The molecule has 3 heteroatoms. The second-order valence-corrected chi connectivity index (χ2v) is 6.87. The number of halogens is 1. The van der Waals surface area contributed by atoms with Crippen molar-refractivity contribution in [3.63, 3.8) is 0 Å². The fourth-order valence-corrected chi connectivity index (χ4v) is 2.44. The van der Waals surface area contributed by atoms with E-state index >= 15 is 0 Å². The van der Waals surface area contributed by atoms with Gasteiger partial charge in [-0.2, -0.15) is 0 Å². The Kier molecular flexibility index (Phi) is 6.31. The van der Waals surface area contributed by atoms with Gasteiger partial charge in [-0.3, -0.25) is 0 Å². The number of hydrogen-bond acceptors (Lipinski definition) is 2. The van der Waals surface area contributed by atoms with E-state index in [4.69, 9.17) is 11.6 Å². The zero-order valence-electron chi connectivity index (χ0n) is 12.8. The van der Waals surface area contributed by atoms with E-state index in [1.165, 1.54) is 5.56 Å². The molecule has 0 amide bonds. The van der Waals surface area contributed by atoms with Crippen molar-refractivity contribution in [3.8, 4) is 0 Å². The van der Waals surface area contributed by atoms with E-state index in [1.54, 1.807) is 0 Å². The van der Waals surface area contributed by atoms with Gasteiger partial charge in [0.05, 0.1) is 0 Å². The summed E-state index contributed by atoms with van der Waals surface area (Å²) in [7, 11) is 2.15. The molecule has 0 heterocycles. The first-order chi connectivity index (χ1) is 8.80. The third-order valence-electron chi connectivity index (χ3n) is 3.08. The highest BCUT2D eigenvalue weighted by atomic mass is 35.5. The molecule has 0 atom stereocenters. The minimum absolute atomic E-state index is 0.250. The molecule has 0 bridgehead atoms. The predicted octanol–water partition coefficient (Wildman–Crippen LogP) is 3.80. The van der Waals surface area contributed by atoms with Gasteiger partial charge in [-0.1, -0.05) is 57.5 Å². The van der Waals surface area contributed by atoms with Crippen LogP contribution in [-0.2, 0) is 6.54 Å². The van der Waals surface area contributed by atoms with E-state index in [-0.39, 0.29) is 5.41 Å². The molecule has 0 aromatic heterocycles. The summed E-state index contributed by atoms with van der Waals surface area (Å²) >= 11 is 6.20. The lowest BCUT2D eigenvalue weighted by molar-refractivity contribution is 0.195. The second-order valence-electron chi connectivity index (χ2n) is 6.46. The average molecular weight is 283 g/mol. The molecule has 1 aromatic rings. The van der Waals surface area contributed by atoms with Gasteiger partial charge in [0.2, 0.25) is 0 Å². The third kappa shape index (κ3) is 6.42. The number of nitrogens with zero attached hydrogens (tertiary/aromatic N) is 1. The lowest BCUT2D eigenvalue weighted by Gasteiger charge is -2.31. The van der Waals surface area contributed by atoms with Crippen LogP contribution < -0.4 is 5.32 Å². The molecule has 1 rings (SSSR count). The standard InChI is InChI=1S/C16H27ClN2/c1-13(2)18-11-16(3,4)12-19(5)10-14-8-6-7-9-15(14)17/h6-9,13,18H,10-12H2,1-5H3. The summed E-state index contributed by atoms with van der Waals surface area (Å²) in [5, 5.41) is 4.37. The molecule has 108 valence electrons. The van der Waals surface area contributed by atoms with Crippen molar-refractivity contribution in [1.82, 2.24) is 10.2 Å². The van der Waals surface area contributed by atoms with Crippen LogP contribution in [0.2, 0.25) is 5.02 Å². The van der Waals surface area contributed by atoms with Gasteiger partial charge >= 0.3 is 0 Å². The Morgan fingerprint density at radius 3 is 2.47 bits per heavy atom. The van der Waals surface area contributed by atoms with Crippen molar-refractivity contribution in [1.29, 1.82) is 0 Å². The van der Waals surface area contributed by atoms with E-state index in [2.05, 4.69) is 51.0 Å². The van der Waals surface area contributed by atoms with E-state index in [1.807, 2.05) is 18.2 Å².